The van der Waals surface area contributed by atoms with Crippen LogP contribution in [0.15, 0.2) is 139 Å². The minimum atomic E-state index is 0.567. The van der Waals surface area contributed by atoms with Crippen LogP contribution >= 0.6 is 0 Å². The summed E-state index contributed by atoms with van der Waals surface area (Å²) < 4.78 is 0. The third-order valence-corrected chi connectivity index (χ3v) is 7.16. The molecular weight excluding hydrogens is 460 g/mol. The van der Waals surface area contributed by atoms with E-state index in [-0.39, 0.29) is 0 Å². The third kappa shape index (κ3) is 4.21. The van der Waals surface area contributed by atoms with E-state index in [0.717, 1.165) is 5.56 Å². The van der Waals surface area contributed by atoms with Crippen LogP contribution < -0.4 is 5.73 Å². The first kappa shape index (κ1) is 23.3. The van der Waals surface area contributed by atoms with Gasteiger partial charge in [0.25, 0.3) is 0 Å². The van der Waals surface area contributed by atoms with Crippen LogP contribution in [-0.4, -0.2) is 0 Å². The molecule has 0 aromatic heterocycles. The van der Waals surface area contributed by atoms with E-state index in [9.17, 15) is 5.26 Å². The van der Waals surface area contributed by atoms with E-state index in [1.807, 2.05) is 6.08 Å². The summed E-state index contributed by atoms with van der Waals surface area (Å²) in [5, 5.41) is 16.7. The van der Waals surface area contributed by atoms with E-state index in [1.54, 1.807) is 6.08 Å². The molecular formula is C36H26N2. The zero-order valence-corrected chi connectivity index (χ0v) is 20.9. The van der Waals surface area contributed by atoms with Crippen LogP contribution in [0.25, 0.3) is 54.6 Å². The molecule has 0 aliphatic carbocycles. The van der Waals surface area contributed by atoms with Crippen LogP contribution in [0, 0.1) is 11.3 Å². The van der Waals surface area contributed by atoms with Gasteiger partial charge in [0.15, 0.2) is 0 Å². The van der Waals surface area contributed by atoms with E-state index >= 15 is 0 Å². The van der Waals surface area contributed by atoms with Gasteiger partial charge >= 0.3 is 0 Å². The van der Waals surface area contributed by atoms with E-state index in [4.69, 9.17) is 5.73 Å². The Bertz CT molecular complexity index is 1890. The Hall–Kier alpha value is -5.13. The highest BCUT2D eigenvalue weighted by molar-refractivity contribution is 6.23. The molecule has 2 heteroatoms. The Morgan fingerprint density at radius 3 is 1.71 bits per heavy atom. The van der Waals surface area contributed by atoms with Crippen molar-refractivity contribution in [3.8, 4) is 28.3 Å². The van der Waals surface area contributed by atoms with Gasteiger partial charge in [0.1, 0.15) is 0 Å². The highest BCUT2D eigenvalue weighted by Crippen LogP contribution is 2.44. The fourth-order valence-corrected chi connectivity index (χ4v) is 5.38. The zero-order chi connectivity index (χ0) is 25.9. The average Bonchev–Trinajstić information content (AvgIpc) is 2.98. The van der Waals surface area contributed by atoms with Crippen molar-refractivity contribution in [1.29, 1.82) is 5.26 Å². The number of rotatable bonds is 5. The molecule has 38 heavy (non-hydrogen) atoms. The molecule has 2 nitrogen and oxygen atoms in total. The molecule has 6 rings (SSSR count). The number of fused-ring (bicyclic) bond motifs is 3. The minimum absolute atomic E-state index is 0.567. The maximum Gasteiger partial charge on any atom is 0.0988 e. The molecule has 0 aliphatic rings. The fraction of sp³-hybridized carbons (Fsp3) is 0.0278. The lowest BCUT2D eigenvalue weighted by Crippen LogP contribution is -1.92. The van der Waals surface area contributed by atoms with E-state index in [2.05, 4.69) is 121 Å². The lowest BCUT2D eigenvalue weighted by atomic mass is 9.85. The largest absolute Gasteiger partial charge is 0.405 e. The maximum atomic E-state index is 9.28. The highest BCUT2D eigenvalue weighted by atomic mass is 14.5. The van der Waals surface area contributed by atoms with Crippen molar-refractivity contribution in [2.45, 2.75) is 6.42 Å². The summed E-state index contributed by atoms with van der Waals surface area (Å²) in [6.07, 6.45) is 5.61. The SMILES string of the molecule is N#CC(/C=C\N)=C/Cc1ccc(-c2c3ccccc3c(-c3ccccc3)c3cc4ccccc4cc23)cc1. The molecule has 0 amide bonds. The first-order chi connectivity index (χ1) is 18.8. The fourth-order valence-electron chi connectivity index (χ4n) is 5.38. The van der Waals surface area contributed by atoms with Gasteiger partial charge in [0.05, 0.1) is 6.07 Å². The van der Waals surface area contributed by atoms with E-state index in [0.29, 0.717) is 12.0 Å². The van der Waals surface area contributed by atoms with Gasteiger partial charge in [0, 0.05) is 5.57 Å². The standard InChI is InChI=1S/C36H26N2/c37-21-20-26(24-38)15-14-25-16-18-28(19-17-25)36-32-13-7-6-12-31(32)35(27-8-2-1-3-9-27)33-22-29-10-4-5-11-30(29)23-34(33)36/h1-13,15-23H,14,37H2/b21-20-,26-15+. The predicted octanol–water partition coefficient (Wildman–Crippen LogP) is 8.95. The van der Waals surface area contributed by atoms with E-state index < -0.39 is 0 Å². The summed E-state index contributed by atoms with van der Waals surface area (Å²) in [6.45, 7) is 0. The van der Waals surface area contributed by atoms with Gasteiger partial charge in [-0.25, -0.2) is 0 Å². The quantitative estimate of drug-likeness (QED) is 0.150. The van der Waals surface area contributed by atoms with Gasteiger partial charge in [0.2, 0.25) is 0 Å². The molecule has 0 spiro atoms. The summed E-state index contributed by atoms with van der Waals surface area (Å²) in [6, 6.07) is 43.6. The van der Waals surface area contributed by atoms with Crippen molar-refractivity contribution in [3.63, 3.8) is 0 Å². The summed E-state index contributed by atoms with van der Waals surface area (Å²) in [4.78, 5) is 0. The van der Waals surface area contributed by atoms with Gasteiger partial charge < -0.3 is 5.73 Å². The Morgan fingerprint density at radius 1 is 0.632 bits per heavy atom. The summed E-state index contributed by atoms with van der Waals surface area (Å²) in [5.41, 5.74) is 12.1. The number of allylic oxidation sites excluding steroid dienone is 3. The molecule has 0 saturated heterocycles. The molecule has 0 saturated carbocycles. The topological polar surface area (TPSA) is 49.8 Å². The summed E-state index contributed by atoms with van der Waals surface area (Å²) >= 11 is 0. The lowest BCUT2D eigenvalue weighted by Gasteiger charge is -2.18. The molecule has 0 bridgehead atoms. The van der Waals surface area contributed by atoms with Crippen molar-refractivity contribution in [1.82, 2.24) is 0 Å². The molecule has 0 aliphatic heterocycles. The maximum absolute atomic E-state index is 9.28. The number of nitrogens with two attached hydrogens (primary N) is 1. The first-order valence-electron chi connectivity index (χ1n) is 12.8. The summed E-state index contributed by atoms with van der Waals surface area (Å²) in [5.74, 6) is 0. The van der Waals surface area contributed by atoms with Gasteiger partial charge in [-0.15, -0.1) is 0 Å². The highest BCUT2D eigenvalue weighted by Gasteiger charge is 2.17. The van der Waals surface area contributed by atoms with Gasteiger partial charge in [-0.3, -0.25) is 0 Å². The number of nitriles is 1. The minimum Gasteiger partial charge on any atom is -0.405 e. The van der Waals surface area contributed by atoms with Gasteiger partial charge in [-0.1, -0.05) is 109 Å². The van der Waals surface area contributed by atoms with Crippen molar-refractivity contribution in [2.75, 3.05) is 0 Å². The van der Waals surface area contributed by atoms with Crippen molar-refractivity contribution >= 4 is 32.3 Å². The molecule has 2 N–H and O–H groups in total. The third-order valence-electron chi connectivity index (χ3n) is 7.16. The molecule has 0 unspecified atom stereocenters. The van der Waals surface area contributed by atoms with E-state index in [1.165, 1.54) is 60.8 Å². The smallest absolute Gasteiger partial charge is 0.0988 e. The molecule has 0 radical (unpaired) electrons. The molecule has 0 heterocycles. The molecule has 6 aromatic carbocycles. The second kappa shape index (κ2) is 10.1. The number of hydrogen-bond acceptors (Lipinski definition) is 2. The molecule has 0 fully saturated rings. The van der Waals surface area contributed by atoms with Crippen LogP contribution in [0.2, 0.25) is 0 Å². The second-order valence-electron chi connectivity index (χ2n) is 9.44. The van der Waals surface area contributed by atoms with Crippen LogP contribution in [0.1, 0.15) is 5.56 Å². The van der Waals surface area contributed by atoms with Gasteiger partial charge in [-0.05, 0) is 91.0 Å². The molecule has 180 valence electrons. The Morgan fingerprint density at radius 2 is 1.16 bits per heavy atom. The monoisotopic (exact) mass is 486 g/mol. The number of hydrogen-bond donors (Lipinski definition) is 1. The number of benzene rings is 6. The predicted molar refractivity (Wildman–Crippen MR) is 161 cm³/mol. The molecule has 0 atom stereocenters. The van der Waals surface area contributed by atoms with Gasteiger partial charge in [-0.2, -0.15) is 5.26 Å². The zero-order valence-electron chi connectivity index (χ0n) is 20.9. The van der Waals surface area contributed by atoms with Crippen LogP contribution in [0.5, 0.6) is 0 Å². The number of nitrogens with zero attached hydrogens (tertiary/aromatic N) is 1. The van der Waals surface area contributed by atoms with Crippen LogP contribution in [0.3, 0.4) is 0 Å². The average molecular weight is 487 g/mol. The van der Waals surface area contributed by atoms with Crippen LogP contribution in [0.4, 0.5) is 0 Å². The summed E-state index contributed by atoms with van der Waals surface area (Å²) in [7, 11) is 0. The second-order valence-corrected chi connectivity index (χ2v) is 9.44. The Kier molecular flexibility index (Phi) is 6.18. The van der Waals surface area contributed by atoms with Crippen molar-refractivity contribution < 1.29 is 0 Å². The normalized spacial score (nSPS) is 11.9. The Balaban J connectivity index is 1.61. The van der Waals surface area contributed by atoms with Crippen molar-refractivity contribution in [3.05, 3.63) is 145 Å². The molecule has 6 aromatic rings. The van der Waals surface area contributed by atoms with Crippen molar-refractivity contribution in [2.24, 2.45) is 5.73 Å². The van der Waals surface area contributed by atoms with Crippen LogP contribution in [-0.2, 0) is 6.42 Å². The Labute approximate surface area is 222 Å². The lowest BCUT2D eigenvalue weighted by molar-refractivity contribution is 1.25. The first-order valence-corrected chi connectivity index (χ1v) is 12.8.